The number of piperazine rings is 1. The number of halogens is 1. The van der Waals surface area contributed by atoms with E-state index in [1.807, 2.05) is 43.0 Å². The van der Waals surface area contributed by atoms with Crippen LogP contribution in [0.2, 0.25) is 5.02 Å². The van der Waals surface area contributed by atoms with Crippen molar-refractivity contribution in [2.24, 2.45) is 0 Å². The Morgan fingerprint density at radius 1 is 1.12 bits per heavy atom. The van der Waals surface area contributed by atoms with Crippen molar-refractivity contribution in [3.63, 3.8) is 0 Å². The summed E-state index contributed by atoms with van der Waals surface area (Å²) in [5, 5.41) is 4.01. The fourth-order valence-electron chi connectivity index (χ4n) is 2.80. The lowest BCUT2D eigenvalue weighted by Crippen LogP contribution is -2.48. The van der Waals surface area contributed by atoms with Crippen LogP contribution in [-0.2, 0) is 4.79 Å². The molecule has 0 radical (unpaired) electrons. The van der Waals surface area contributed by atoms with Crippen LogP contribution in [0.3, 0.4) is 0 Å². The molecule has 0 atom stereocenters. The van der Waals surface area contributed by atoms with Gasteiger partial charge in [0.25, 0.3) is 0 Å². The molecule has 0 saturated carbocycles. The molecule has 25 heavy (non-hydrogen) atoms. The minimum Gasteiger partial charge on any atom is -0.340 e. The third-order valence-corrected chi connectivity index (χ3v) is 4.70. The molecular formula is C18H22ClN5O. The third-order valence-electron chi connectivity index (χ3n) is 4.29. The largest absolute Gasteiger partial charge is 0.340 e. The zero-order valence-corrected chi connectivity index (χ0v) is 15.5. The van der Waals surface area contributed by atoms with Crippen LogP contribution in [0.15, 0.2) is 24.3 Å². The van der Waals surface area contributed by atoms with E-state index in [1.54, 1.807) is 6.92 Å². The highest BCUT2D eigenvalue weighted by molar-refractivity contribution is 6.31. The van der Waals surface area contributed by atoms with Crippen molar-refractivity contribution in [3.8, 4) is 0 Å². The van der Waals surface area contributed by atoms with Gasteiger partial charge in [0.2, 0.25) is 11.9 Å². The molecule has 7 heteroatoms. The third kappa shape index (κ3) is 4.20. The van der Waals surface area contributed by atoms with Crippen LogP contribution in [0, 0.1) is 13.8 Å². The number of rotatable bonds is 3. The van der Waals surface area contributed by atoms with Crippen LogP contribution in [0.4, 0.5) is 17.5 Å². The smallest absolute Gasteiger partial charge is 0.227 e. The number of anilines is 3. The second-order valence-corrected chi connectivity index (χ2v) is 6.68. The van der Waals surface area contributed by atoms with Gasteiger partial charge in [-0.3, -0.25) is 4.79 Å². The van der Waals surface area contributed by atoms with Crippen molar-refractivity contribution in [3.05, 3.63) is 40.5 Å². The summed E-state index contributed by atoms with van der Waals surface area (Å²) in [6, 6.07) is 7.74. The first-order chi connectivity index (χ1) is 11.9. The maximum atomic E-state index is 11.5. The quantitative estimate of drug-likeness (QED) is 0.912. The molecule has 0 unspecified atom stereocenters. The molecule has 0 bridgehead atoms. The number of amides is 1. The normalized spacial score (nSPS) is 14.6. The lowest BCUT2D eigenvalue weighted by Gasteiger charge is -2.34. The molecule has 2 heterocycles. The Kier molecular flexibility index (Phi) is 5.08. The molecule has 1 aliphatic heterocycles. The molecule has 2 aromatic rings. The zero-order chi connectivity index (χ0) is 18.0. The maximum Gasteiger partial charge on any atom is 0.227 e. The fourth-order valence-corrected chi connectivity index (χ4v) is 2.98. The summed E-state index contributed by atoms with van der Waals surface area (Å²) in [7, 11) is 0. The number of nitrogens with zero attached hydrogens (tertiary/aromatic N) is 4. The Morgan fingerprint density at radius 3 is 2.48 bits per heavy atom. The average Bonchev–Trinajstić information content (AvgIpc) is 2.58. The summed E-state index contributed by atoms with van der Waals surface area (Å²) in [6.45, 7) is 8.39. The highest BCUT2D eigenvalue weighted by Gasteiger charge is 2.21. The predicted octanol–water partition coefficient (Wildman–Crippen LogP) is 3.16. The summed E-state index contributed by atoms with van der Waals surface area (Å²) in [6.07, 6.45) is 0. The SMILES string of the molecule is CC(=O)N1CCN(c2nc(C)cc(Nc3ccc(C)c(Cl)c3)n2)CC1. The summed E-state index contributed by atoms with van der Waals surface area (Å²) < 4.78 is 0. The Bertz CT molecular complexity index is 787. The molecule has 1 aromatic heterocycles. The van der Waals surface area contributed by atoms with E-state index in [4.69, 9.17) is 11.6 Å². The number of nitrogens with one attached hydrogen (secondary N) is 1. The number of hydrogen-bond donors (Lipinski definition) is 1. The van der Waals surface area contributed by atoms with E-state index >= 15 is 0 Å². The van der Waals surface area contributed by atoms with Gasteiger partial charge in [-0.2, -0.15) is 4.98 Å². The van der Waals surface area contributed by atoms with Crippen LogP contribution in [0.5, 0.6) is 0 Å². The summed E-state index contributed by atoms with van der Waals surface area (Å²) in [5.41, 5.74) is 2.82. The molecule has 1 fully saturated rings. The molecule has 0 spiro atoms. The number of hydrogen-bond acceptors (Lipinski definition) is 5. The fraction of sp³-hybridized carbons (Fsp3) is 0.389. The lowest BCUT2D eigenvalue weighted by molar-refractivity contribution is -0.129. The molecule has 1 amide bonds. The van der Waals surface area contributed by atoms with Crippen molar-refractivity contribution < 1.29 is 4.79 Å². The van der Waals surface area contributed by atoms with E-state index in [-0.39, 0.29) is 5.91 Å². The van der Waals surface area contributed by atoms with Crippen LogP contribution in [0.25, 0.3) is 0 Å². The highest BCUT2D eigenvalue weighted by atomic mass is 35.5. The van der Waals surface area contributed by atoms with E-state index in [2.05, 4.69) is 20.2 Å². The van der Waals surface area contributed by atoms with Gasteiger partial charge in [-0.05, 0) is 31.5 Å². The van der Waals surface area contributed by atoms with E-state index < -0.39 is 0 Å². The predicted molar refractivity (Wildman–Crippen MR) is 101 cm³/mol. The van der Waals surface area contributed by atoms with Crippen LogP contribution >= 0.6 is 11.6 Å². The molecule has 1 saturated heterocycles. The minimum absolute atomic E-state index is 0.114. The van der Waals surface area contributed by atoms with Gasteiger partial charge in [-0.25, -0.2) is 4.98 Å². The van der Waals surface area contributed by atoms with E-state index in [1.165, 1.54) is 0 Å². The minimum atomic E-state index is 0.114. The van der Waals surface area contributed by atoms with Gasteiger partial charge < -0.3 is 15.1 Å². The van der Waals surface area contributed by atoms with Crippen LogP contribution in [0.1, 0.15) is 18.2 Å². The zero-order valence-electron chi connectivity index (χ0n) is 14.7. The molecule has 132 valence electrons. The molecule has 0 aliphatic carbocycles. The monoisotopic (exact) mass is 359 g/mol. The van der Waals surface area contributed by atoms with Crippen molar-refractivity contribution in [1.82, 2.24) is 14.9 Å². The van der Waals surface area contributed by atoms with Gasteiger partial charge >= 0.3 is 0 Å². The van der Waals surface area contributed by atoms with Gasteiger partial charge in [-0.1, -0.05) is 17.7 Å². The number of aromatic nitrogens is 2. The molecule has 1 aromatic carbocycles. The van der Waals surface area contributed by atoms with E-state index in [0.29, 0.717) is 19.0 Å². The van der Waals surface area contributed by atoms with Crippen molar-refractivity contribution >= 4 is 35.0 Å². The Hall–Kier alpha value is -2.34. The Morgan fingerprint density at radius 2 is 1.84 bits per heavy atom. The second kappa shape index (κ2) is 7.27. The van der Waals surface area contributed by atoms with Crippen molar-refractivity contribution in [1.29, 1.82) is 0 Å². The number of carbonyl (C=O) groups is 1. The topological polar surface area (TPSA) is 61.4 Å². The number of benzene rings is 1. The van der Waals surface area contributed by atoms with Crippen LogP contribution in [-0.4, -0.2) is 47.0 Å². The highest BCUT2D eigenvalue weighted by Crippen LogP contribution is 2.24. The van der Waals surface area contributed by atoms with Gasteiger partial charge in [0.1, 0.15) is 5.82 Å². The summed E-state index contributed by atoms with van der Waals surface area (Å²) >= 11 is 6.19. The first-order valence-electron chi connectivity index (χ1n) is 8.32. The average molecular weight is 360 g/mol. The van der Waals surface area contributed by atoms with Gasteiger partial charge in [-0.15, -0.1) is 0 Å². The molecule has 6 nitrogen and oxygen atoms in total. The Labute approximate surface area is 152 Å². The Balaban J connectivity index is 1.76. The summed E-state index contributed by atoms with van der Waals surface area (Å²) in [4.78, 5) is 24.6. The van der Waals surface area contributed by atoms with Gasteiger partial charge in [0, 0.05) is 55.6 Å². The first kappa shape index (κ1) is 17.5. The number of aryl methyl sites for hydroxylation is 2. The van der Waals surface area contributed by atoms with Crippen molar-refractivity contribution in [2.75, 3.05) is 36.4 Å². The molecular weight excluding hydrogens is 338 g/mol. The van der Waals surface area contributed by atoms with Crippen molar-refractivity contribution in [2.45, 2.75) is 20.8 Å². The first-order valence-corrected chi connectivity index (χ1v) is 8.69. The van der Waals surface area contributed by atoms with Gasteiger partial charge in [0.15, 0.2) is 0 Å². The molecule has 3 rings (SSSR count). The van der Waals surface area contributed by atoms with Crippen LogP contribution < -0.4 is 10.2 Å². The maximum absolute atomic E-state index is 11.5. The lowest BCUT2D eigenvalue weighted by atomic mass is 10.2. The van der Waals surface area contributed by atoms with E-state index in [0.717, 1.165) is 40.9 Å². The second-order valence-electron chi connectivity index (χ2n) is 6.28. The molecule has 1 aliphatic rings. The standard InChI is InChI=1S/C18H22ClN5O/c1-12-4-5-15(11-16(12)19)21-17-10-13(2)20-18(22-17)24-8-6-23(7-9-24)14(3)25/h4-5,10-11H,6-9H2,1-3H3,(H,20,21,22). The van der Waals surface area contributed by atoms with Gasteiger partial charge in [0.05, 0.1) is 0 Å². The summed E-state index contributed by atoms with van der Waals surface area (Å²) in [5.74, 6) is 1.53. The molecule has 1 N–H and O–H groups in total. The number of carbonyl (C=O) groups excluding carboxylic acids is 1. The van der Waals surface area contributed by atoms with E-state index in [9.17, 15) is 4.79 Å².